The molecule has 3 nitrogen and oxygen atoms in total. The second-order valence-corrected chi connectivity index (χ2v) is 4.44. The Morgan fingerprint density at radius 2 is 2.00 bits per heavy atom. The second-order valence-electron chi connectivity index (χ2n) is 4.44. The lowest BCUT2D eigenvalue weighted by molar-refractivity contribution is 0.196. The third-order valence-corrected chi connectivity index (χ3v) is 3.14. The number of ether oxygens (including phenoxy) is 2. The summed E-state index contributed by atoms with van der Waals surface area (Å²) in [4.78, 5) is 0. The standard InChI is InChI=1S/C14H21NO2/c1-2-16-14-9-11(10-15)7-8-13(14)17-12-5-3-4-6-12/h7-9,12H,2-6,10,15H2,1H3. The molecule has 0 aromatic heterocycles. The Labute approximate surface area is 103 Å². The molecule has 0 bridgehead atoms. The summed E-state index contributed by atoms with van der Waals surface area (Å²) in [5.41, 5.74) is 6.71. The maximum atomic E-state index is 5.99. The molecular formula is C14H21NO2. The van der Waals surface area contributed by atoms with Crippen molar-refractivity contribution in [2.45, 2.75) is 45.3 Å². The van der Waals surface area contributed by atoms with Crippen LogP contribution in [-0.2, 0) is 6.54 Å². The van der Waals surface area contributed by atoms with Crippen molar-refractivity contribution >= 4 is 0 Å². The van der Waals surface area contributed by atoms with Gasteiger partial charge in [0.25, 0.3) is 0 Å². The molecule has 0 saturated heterocycles. The molecule has 1 saturated carbocycles. The van der Waals surface area contributed by atoms with Gasteiger partial charge in [-0.05, 0) is 50.3 Å². The number of hydrogen-bond acceptors (Lipinski definition) is 3. The average molecular weight is 235 g/mol. The van der Waals surface area contributed by atoms with E-state index < -0.39 is 0 Å². The van der Waals surface area contributed by atoms with Crippen molar-refractivity contribution in [3.05, 3.63) is 23.8 Å². The Hall–Kier alpha value is -1.22. The highest BCUT2D eigenvalue weighted by molar-refractivity contribution is 5.43. The van der Waals surface area contributed by atoms with Crippen molar-refractivity contribution in [2.75, 3.05) is 6.61 Å². The first-order chi connectivity index (χ1) is 8.33. The molecule has 0 aliphatic heterocycles. The number of hydrogen-bond donors (Lipinski definition) is 1. The molecule has 1 aliphatic rings. The zero-order chi connectivity index (χ0) is 12.1. The molecule has 0 spiro atoms. The Balaban J connectivity index is 2.12. The van der Waals surface area contributed by atoms with E-state index in [1.165, 1.54) is 12.8 Å². The van der Waals surface area contributed by atoms with Crippen molar-refractivity contribution in [1.82, 2.24) is 0 Å². The Bertz CT molecular complexity index is 359. The number of benzene rings is 1. The van der Waals surface area contributed by atoms with Crippen LogP contribution in [0.4, 0.5) is 0 Å². The summed E-state index contributed by atoms with van der Waals surface area (Å²) in [6.45, 7) is 3.16. The van der Waals surface area contributed by atoms with Gasteiger partial charge in [0.2, 0.25) is 0 Å². The van der Waals surface area contributed by atoms with Gasteiger partial charge in [0, 0.05) is 6.54 Å². The van der Waals surface area contributed by atoms with Gasteiger partial charge in [-0.15, -0.1) is 0 Å². The van der Waals surface area contributed by atoms with Crippen molar-refractivity contribution in [3.63, 3.8) is 0 Å². The number of nitrogens with two attached hydrogens (primary N) is 1. The maximum Gasteiger partial charge on any atom is 0.161 e. The summed E-state index contributed by atoms with van der Waals surface area (Å²) >= 11 is 0. The van der Waals surface area contributed by atoms with Gasteiger partial charge in [0.15, 0.2) is 11.5 Å². The minimum atomic E-state index is 0.359. The Kier molecular flexibility index (Phi) is 4.26. The van der Waals surface area contributed by atoms with Crippen LogP contribution < -0.4 is 15.2 Å². The minimum absolute atomic E-state index is 0.359. The lowest BCUT2D eigenvalue weighted by atomic mass is 10.2. The highest BCUT2D eigenvalue weighted by Crippen LogP contribution is 2.32. The van der Waals surface area contributed by atoms with Crippen LogP contribution in [0.3, 0.4) is 0 Å². The van der Waals surface area contributed by atoms with E-state index in [-0.39, 0.29) is 0 Å². The van der Waals surface area contributed by atoms with Crippen LogP contribution >= 0.6 is 0 Å². The molecule has 0 unspecified atom stereocenters. The zero-order valence-corrected chi connectivity index (χ0v) is 10.4. The van der Waals surface area contributed by atoms with Crippen LogP contribution in [0.25, 0.3) is 0 Å². The van der Waals surface area contributed by atoms with Crippen LogP contribution in [0.15, 0.2) is 18.2 Å². The minimum Gasteiger partial charge on any atom is -0.490 e. The molecule has 2 rings (SSSR count). The highest BCUT2D eigenvalue weighted by Gasteiger charge is 2.18. The van der Waals surface area contributed by atoms with Crippen molar-refractivity contribution < 1.29 is 9.47 Å². The van der Waals surface area contributed by atoms with Crippen molar-refractivity contribution in [1.29, 1.82) is 0 Å². The SMILES string of the molecule is CCOc1cc(CN)ccc1OC1CCCC1. The molecule has 1 aromatic carbocycles. The largest absolute Gasteiger partial charge is 0.490 e. The van der Waals surface area contributed by atoms with E-state index >= 15 is 0 Å². The van der Waals surface area contributed by atoms with Crippen LogP contribution in [0.5, 0.6) is 11.5 Å². The molecule has 17 heavy (non-hydrogen) atoms. The quantitative estimate of drug-likeness (QED) is 0.853. The van der Waals surface area contributed by atoms with Gasteiger partial charge in [-0.2, -0.15) is 0 Å². The van der Waals surface area contributed by atoms with Gasteiger partial charge in [-0.1, -0.05) is 6.07 Å². The third-order valence-electron chi connectivity index (χ3n) is 3.14. The second kappa shape index (κ2) is 5.92. The topological polar surface area (TPSA) is 44.5 Å². The van der Waals surface area contributed by atoms with Gasteiger partial charge in [-0.25, -0.2) is 0 Å². The van der Waals surface area contributed by atoms with Crippen molar-refractivity contribution in [2.24, 2.45) is 5.73 Å². The van der Waals surface area contributed by atoms with Gasteiger partial charge in [0.05, 0.1) is 12.7 Å². The smallest absolute Gasteiger partial charge is 0.161 e. The summed E-state index contributed by atoms with van der Waals surface area (Å²) in [5, 5.41) is 0. The fraction of sp³-hybridized carbons (Fsp3) is 0.571. The van der Waals surface area contributed by atoms with E-state index in [2.05, 4.69) is 0 Å². The van der Waals surface area contributed by atoms with Gasteiger partial charge < -0.3 is 15.2 Å². The molecule has 0 radical (unpaired) electrons. The third kappa shape index (κ3) is 3.13. The molecule has 0 heterocycles. The molecule has 0 amide bonds. The van der Waals surface area contributed by atoms with E-state index in [4.69, 9.17) is 15.2 Å². The van der Waals surface area contributed by atoms with Crippen LogP contribution in [0, 0.1) is 0 Å². The molecule has 1 aliphatic carbocycles. The summed E-state index contributed by atoms with van der Waals surface area (Å²) in [7, 11) is 0. The first-order valence-corrected chi connectivity index (χ1v) is 6.46. The van der Waals surface area contributed by atoms with Crippen molar-refractivity contribution in [3.8, 4) is 11.5 Å². The predicted molar refractivity (Wildman–Crippen MR) is 68.4 cm³/mol. The summed E-state index contributed by atoms with van der Waals surface area (Å²) in [5.74, 6) is 1.68. The van der Waals surface area contributed by atoms with E-state index in [0.29, 0.717) is 19.3 Å². The van der Waals surface area contributed by atoms with Crippen LogP contribution in [0.1, 0.15) is 38.2 Å². The molecular weight excluding hydrogens is 214 g/mol. The van der Waals surface area contributed by atoms with Crippen LogP contribution in [0.2, 0.25) is 0 Å². The summed E-state index contributed by atoms with van der Waals surface area (Å²) < 4.78 is 11.6. The lowest BCUT2D eigenvalue weighted by Crippen LogP contribution is -2.12. The molecule has 1 aromatic rings. The Morgan fingerprint density at radius 3 is 2.65 bits per heavy atom. The molecule has 1 fully saturated rings. The monoisotopic (exact) mass is 235 g/mol. The van der Waals surface area contributed by atoms with E-state index in [1.807, 2.05) is 25.1 Å². The molecule has 0 atom stereocenters. The van der Waals surface area contributed by atoms with E-state index in [1.54, 1.807) is 0 Å². The molecule has 2 N–H and O–H groups in total. The van der Waals surface area contributed by atoms with Gasteiger partial charge >= 0.3 is 0 Å². The Morgan fingerprint density at radius 1 is 1.24 bits per heavy atom. The summed E-state index contributed by atoms with van der Waals surface area (Å²) in [6.07, 6.45) is 5.22. The number of rotatable bonds is 5. The predicted octanol–water partition coefficient (Wildman–Crippen LogP) is 2.87. The highest BCUT2D eigenvalue weighted by atomic mass is 16.5. The summed E-state index contributed by atoms with van der Waals surface area (Å²) in [6, 6.07) is 5.96. The van der Waals surface area contributed by atoms with Gasteiger partial charge in [-0.3, -0.25) is 0 Å². The molecule has 3 heteroatoms. The fourth-order valence-corrected chi connectivity index (χ4v) is 2.23. The fourth-order valence-electron chi connectivity index (χ4n) is 2.23. The first-order valence-electron chi connectivity index (χ1n) is 6.46. The van der Waals surface area contributed by atoms with Crippen LogP contribution in [-0.4, -0.2) is 12.7 Å². The van der Waals surface area contributed by atoms with E-state index in [0.717, 1.165) is 29.9 Å². The lowest BCUT2D eigenvalue weighted by Gasteiger charge is -2.17. The normalized spacial score (nSPS) is 16.1. The van der Waals surface area contributed by atoms with E-state index in [9.17, 15) is 0 Å². The molecule has 94 valence electrons. The van der Waals surface area contributed by atoms with Gasteiger partial charge in [0.1, 0.15) is 0 Å². The average Bonchev–Trinajstić information content (AvgIpc) is 2.84. The zero-order valence-electron chi connectivity index (χ0n) is 10.4. The first kappa shape index (κ1) is 12.2. The maximum absolute atomic E-state index is 5.99.